The van der Waals surface area contributed by atoms with Gasteiger partial charge in [-0.2, -0.15) is 0 Å². The van der Waals surface area contributed by atoms with E-state index < -0.39 is 11.6 Å². The Kier molecular flexibility index (Phi) is 3.42. The van der Waals surface area contributed by atoms with Crippen LogP contribution in [-0.2, 0) is 4.79 Å². The van der Waals surface area contributed by atoms with E-state index in [0.717, 1.165) is 57.8 Å². The van der Waals surface area contributed by atoms with Crippen LogP contribution in [0.3, 0.4) is 0 Å². The van der Waals surface area contributed by atoms with Gasteiger partial charge in [-0.1, -0.05) is 13.3 Å². The highest BCUT2D eigenvalue weighted by atomic mass is 16.4. The summed E-state index contributed by atoms with van der Waals surface area (Å²) in [5, 5.41) is 30.3. The first kappa shape index (κ1) is 15.9. The molecule has 0 amide bonds. The molecule has 4 rings (SSSR count). The van der Waals surface area contributed by atoms with Gasteiger partial charge in [0.25, 0.3) is 0 Å². The number of rotatable bonds is 2. The Labute approximate surface area is 138 Å². The van der Waals surface area contributed by atoms with Gasteiger partial charge < -0.3 is 15.3 Å². The van der Waals surface area contributed by atoms with E-state index in [1.54, 1.807) is 0 Å². The fourth-order valence-electron chi connectivity index (χ4n) is 7.65. The molecule has 0 heterocycles. The Bertz CT molecular complexity index is 519. The molecule has 4 aliphatic rings. The molecule has 4 aliphatic carbocycles. The van der Waals surface area contributed by atoms with Crippen molar-refractivity contribution in [1.82, 2.24) is 0 Å². The number of aliphatic hydroxyl groups is 2. The van der Waals surface area contributed by atoms with Gasteiger partial charge >= 0.3 is 5.97 Å². The summed E-state index contributed by atoms with van der Waals surface area (Å²) >= 11 is 0. The van der Waals surface area contributed by atoms with Crippen molar-refractivity contribution in [3.63, 3.8) is 0 Å². The second-order valence-electron chi connectivity index (χ2n) is 9.32. The zero-order valence-electron chi connectivity index (χ0n) is 14.1. The van der Waals surface area contributed by atoms with E-state index in [9.17, 15) is 20.1 Å². The SMILES string of the molecule is C[C@@]12CCC[C@H](C(=O)O)[C@H]1CC[C@@]13C[C@@H](CC[C@H]12)[C@](O)(CO)C3. The highest BCUT2D eigenvalue weighted by Crippen LogP contribution is 2.71. The van der Waals surface area contributed by atoms with Crippen LogP contribution in [0, 0.1) is 34.5 Å². The fourth-order valence-corrected chi connectivity index (χ4v) is 7.65. The van der Waals surface area contributed by atoms with Crippen molar-refractivity contribution in [2.45, 2.75) is 70.3 Å². The van der Waals surface area contributed by atoms with Crippen molar-refractivity contribution >= 4 is 5.97 Å². The van der Waals surface area contributed by atoms with Gasteiger partial charge in [-0.05, 0) is 80.0 Å². The molecule has 0 aliphatic heterocycles. The zero-order chi connectivity index (χ0) is 16.5. The summed E-state index contributed by atoms with van der Waals surface area (Å²) < 4.78 is 0. The second-order valence-corrected chi connectivity index (χ2v) is 9.32. The molecule has 1 spiro atoms. The average Bonchev–Trinajstić information content (AvgIpc) is 2.73. The Balaban J connectivity index is 1.69. The maximum Gasteiger partial charge on any atom is 0.306 e. The number of fused-ring (bicyclic) bond motifs is 3. The van der Waals surface area contributed by atoms with E-state index in [-0.39, 0.29) is 29.3 Å². The summed E-state index contributed by atoms with van der Waals surface area (Å²) in [6, 6.07) is 0. The standard InChI is InChI=1S/C19H30O4/c1-17-7-2-3-13(16(21)22)14(17)6-8-18-9-12(4-5-15(17)18)19(23,10-18)11-20/h12-15,20,23H,2-11H2,1H3,(H,21,22)/t12-,13+,14-,15+,17-,18+,19-/m1/s1. The number of carboxylic acid groups (broad SMARTS) is 1. The monoisotopic (exact) mass is 322 g/mol. The first-order valence-corrected chi connectivity index (χ1v) is 9.41. The first-order valence-electron chi connectivity index (χ1n) is 9.41. The maximum atomic E-state index is 11.7. The third-order valence-corrected chi connectivity index (χ3v) is 8.52. The summed E-state index contributed by atoms with van der Waals surface area (Å²) in [5.74, 6) is 0.269. The molecule has 0 radical (unpaired) electrons. The van der Waals surface area contributed by atoms with Crippen LogP contribution in [0.5, 0.6) is 0 Å². The molecular weight excluding hydrogens is 292 g/mol. The van der Waals surface area contributed by atoms with Gasteiger partial charge in [-0.25, -0.2) is 0 Å². The Hall–Kier alpha value is -0.610. The largest absolute Gasteiger partial charge is 0.481 e. The van der Waals surface area contributed by atoms with E-state index >= 15 is 0 Å². The average molecular weight is 322 g/mol. The van der Waals surface area contributed by atoms with E-state index in [4.69, 9.17) is 0 Å². The van der Waals surface area contributed by atoms with Crippen LogP contribution < -0.4 is 0 Å². The third-order valence-electron chi connectivity index (χ3n) is 8.52. The van der Waals surface area contributed by atoms with Crippen LogP contribution in [-0.4, -0.2) is 33.5 Å². The Morgan fingerprint density at radius 3 is 2.65 bits per heavy atom. The van der Waals surface area contributed by atoms with Crippen LogP contribution in [0.15, 0.2) is 0 Å². The number of carboxylic acids is 1. The predicted octanol–water partition coefficient (Wildman–Crippen LogP) is 2.82. The molecular formula is C19H30O4. The molecule has 0 saturated heterocycles. The van der Waals surface area contributed by atoms with Crippen molar-refractivity contribution in [2.75, 3.05) is 6.61 Å². The van der Waals surface area contributed by atoms with Crippen LogP contribution in [0.4, 0.5) is 0 Å². The molecule has 4 heteroatoms. The zero-order valence-corrected chi connectivity index (χ0v) is 14.1. The van der Waals surface area contributed by atoms with Crippen molar-refractivity contribution in [1.29, 1.82) is 0 Å². The topological polar surface area (TPSA) is 77.8 Å². The van der Waals surface area contributed by atoms with Crippen molar-refractivity contribution in [2.24, 2.45) is 34.5 Å². The molecule has 4 saturated carbocycles. The number of aliphatic hydroxyl groups excluding tert-OH is 1. The maximum absolute atomic E-state index is 11.7. The Morgan fingerprint density at radius 2 is 1.96 bits per heavy atom. The molecule has 0 aromatic carbocycles. The van der Waals surface area contributed by atoms with E-state index in [1.807, 2.05) is 0 Å². The number of hydrogen-bond acceptors (Lipinski definition) is 3. The number of carbonyl (C=O) groups is 1. The summed E-state index contributed by atoms with van der Waals surface area (Å²) in [7, 11) is 0. The molecule has 0 aromatic rings. The predicted molar refractivity (Wildman–Crippen MR) is 85.7 cm³/mol. The van der Waals surface area contributed by atoms with Crippen LogP contribution >= 0.6 is 0 Å². The van der Waals surface area contributed by atoms with Gasteiger partial charge in [0.15, 0.2) is 0 Å². The molecule has 23 heavy (non-hydrogen) atoms. The van der Waals surface area contributed by atoms with E-state index in [1.165, 1.54) is 0 Å². The number of hydrogen-bond donors (Lipinski definition) is 3. The molecule has 4 fully saturated rings. The lowest BCUT2D eigenvalue weighted by atomic mass is 9.43. The molecule has 3 N–H and O–H groups in total. The minimum atomic E-state index is -0.890. The van der Waals surface area contributed by atoms with E-state index in [0.29, 0.717) is 11.8 Å². The molecule has 130 valence electrons. The second kappa shape index (κ2) is 4.95. The van der Waals surface area contributed by atoms with Crippen molar-refractivity contribution < 1.29 is 20.1 Å². The normalized spacial score (nSPS) is 55.1. The first-order chi connectivity index (χ1) is 10.8. The summed E-state index contributed by atoms with van der Waals surface area (Å²) in [4.78, 5) is 11.7. The van der Waals surface area contributed by atoms with Crippen LogP contribution in [0.2, 0.25) is 0 Å². The lowest BCUT2D eigenvalue weighted by Crippen LogP contribution is -2.54. The van der Waals surface area contributed by atoms with Crippen LogP contribution in [0.25, 0.3) is 0 Å². The molecule has 0 unspecified atom stereocenters. The minimum absolute atomic E-state index is 0.102. The summed E-state index contributed by atoms with van der Waals surface area (Å²) in [6.07, 6.45) is 8.87. The minimum Gasteiger partial charge on any atom is -0.481 e. The van der Waals surface area contributed by atoms with Gasteiger partial charge in [0.05, 0.1) is 18.1 Å². The third kappa shape index (κ3) is 2.00. The lowest BCUT2D eigenvalue weighted by molar-refractivity contribution is -0.162. The lowest BCUT2D eigenvalue weighted by Gasteiger charge is -2.61. The van der Waals surface area contributed by atoms with Crippen molar-refractivity contribution in [3.05, 3.63) is 0 Å². The molecule has 0 aromatic heterocycles. The fraction of sp³-hybridized carbons (Fsp3) is 0.947. The summed E-state index contributed by atoms with van der Waals surface area (Å²) in [6.45, 7) is 2.22. The van der Waals surface area contributed by atoms with Gasteiger partial charge in [0, 0.05) is 0 Å². The van der Waals surface area contributed by atoms with Gasteiger partial charge in [-0.3, -0.25) is 4.79 Å². The number of aliphatic carboxylic acids is 1. The highest BCUT2D eigenvalue weighted by molar-refractivity contribution is 5.70. The van der Waals surface area contributed by atoms with E-state index in [2.05, 4.69) is 6.92 Å². The molecule has 2 bridgehead atoms. The highest BCUT2D eigenvalue weighted by Gasteiger charge is 2.66. The Morgan fingerprint density at radius 1 is 1.17 bits per heavy atom. The van der Waals surface area contributed by atoms with Gasteiger partial charge in [0.1, 0.15) is 0 Å². The molecule has 7 atom stereocenters. The summed E-state index contributed by atoms with van der Waals surface area (Å²) in [5.41, 5.74) is -0.643. The quantitative estimate of drug-likeness (QED) is 0.730. The van der Waals surface area contributed by atoms with Gasteiger partial charge in [-0.15, -0.1) is 0 Å². The van der Waals surface area contributed by atoms with Gasteiger partial charge in [0.2, 0.25) is 0 Å². The van der Waals surface area contributed by atoms with Crippen LogP contribution in [0.1, 0.15) is 64.7 Å². The molecule has 4 nitrogen and oxygen atoms in total. The van der Waals surface area contributed by atoms with Crippen molar-refractivity contribution in [3.8, 4) is 0 Å². The smallest absolute Gasteiger partial charge is 0.306 e.